The molecule has 0 aliphatic heterocycles. The summed E-state index contributed by atoms with van der Waals surface area (Å²) in [7, 11) is 0. The lowest BCUT2D eigenvalue weighted by Gasteiger charge is -2.26. The van der Waals surface area contributed by atoms with Crippen LogP contribution in [-0.4, -0.2) is 21.9 Å². The summed E-state index contributed by atoms with van der Waals surface area (Å²) in [5.41, 5.74) is 5.85. The molecule has 0 radical (unpaired) electrons. The third-order valence-corrected chi connectivity index (χ3v) is 4.12. The zero-order valence-corrected chi connectivity index (χ0v) is 11.7. The Morgan fingerprint density at radius 3 is 2.74 bits per heavy atom. The number of aliphatic hydroxyl groups is 1. The van der Waals surface area contributed by atoms with Gasteiger partial charge in [0.2, 0.25) is 5.89 Å². The van der Waals surface area contributed by atoms with Crippen LogP contribution < -0.4 is 5.73 Å². The van der Waals surface area contributed by atoms with Gasteiger partial charge >= 0.3 is 0 Å². The van der Waals surface area contributed by atoms with Crippen LogP contribution in [0.2, 0.25) is 0 Å². The molecule has 19 heavy (non-hydrogen) atoms. The van der Waals surface area contributed by atoms with Gasteiger partial charge in [-0.05, 0) is 38.0 Å². The maximum absolute atomic E-state index is 8.86. The average Bonchev–Trinajstić information content (AvgIpc) is 2.90. The van der Waals surface area contributed by atoms with Crippen LogP contribution in [0.1, 0.15) is 75.5 Å². The second-order valence-electron chi connectivity index (χ2n) is 5.62. The molecule has 0 aromatic carbocycles. The molecule has 5 heteroatoms. The van der Waals surface area contributed by atoms with Gasteiger partial charge in [0.25, 0.3) is 0 Å². The predicted octanol–water partition coefficient (Wildman–Crippen LogP) is 2.53. The summed E-state index contributed by atoms with van der Waals surface area (Å²) in [5, 5.41) is 12.9. The van der Waals surface area contributed by atoms with E-state index in [0.717, 1.165) is 24.6 Å². The van der Waals surface area contributed by atoms with Crippen molar-refractivity contribution in [3.63, 3.8) is 0 Å². The summed E-state index contributed by atoms with van der Waals surface area (Å²) in [6.45, 7) is 2.29. The fourth-order valence-electron chi connectivity index (χ4n) is 2.94. The van der Waals surface area contributed by atoms with E-state index in [2.05, 4.69) is 17.1 Å². The van der Waals surface area contributed by atoms with Crippen LogP contribution in [0, 0.1) is 5.92 Å². The minimum Gasteiger partial charge on any atom is -0.396 e. The van der Waals surface area contributed by atoms with Crippen LogP contribution in [0.15, 0.2) is 4.52 Å². The van der Waals surface area contributed by atoms with E-state index in [9.17, 15) is 0 Å². The first kappa shape index (κ1) is 14.5. The first-order chi connectivity index (χ1) is 9.24. The number of aliphatic hydroxyl groups excluding tert-OH is 1. The summed E-state index contributed by atoms with van der Waals surface area (Å²) in [4.78, 5) is 4.41. The third-order valence-electron chi connectivity index (χ3n) is 4.12. The molecule has 1 aromatic rings. The summed E-state index contributed by atoms with van der Waals surface area (Å²) in [6, 6.07) is -0.345. The van der Waals surface area contributed by atoms with Gasteiger partial charge in [0.15, 0.2) is 5.82 Å². The van der Waals surface area contributed by atoms with Gasteiger partial charge in [-0.1, -0.05) is 24.9 Å². The lowest BCUT2D eigenvalue weighted by atomic mass is 9.80. The van der Waals surface area contributed by atoms with Gasteiger partial charge in [-0.25, -0.2) is 0 Å². The Hall–Kier alpha value is -0.940. The largest absolute Gasteiger partial charge is 0.396 e. The zero-order chi connectivity index (χ0) is 13.7. The van der Waals surface area contributed by atoms with Crippen LogP contribution in [0.4, 0.5) is 0 Å². The number of rotatable bonds is 6. The topological polar surface area (TPSA) is 85.2 Å². The maximum Gasteiger partial charge on any atom is 0.243 e. The molecule has 1 aliphatic rings. The van der Waals surface area contributed by atoms with Gasteiger partial charge < -0.3 is 15.4 Å². The highest BCUT2D eigenvalue weighted by molar-refractivity contribution is 4.99. The van der Waals surface area contributed by atoms with Crippen LogP contribution in [0.3, 0.4) is 0 Å². The van der Waals surface area contributed by atoms with E-state index in [1.54, 1.807) is 0 Å². The predicted molar refractivity (Wildman–Crippen MR) is 72.5 cm³/mol. The number of nitrogens with zero attached hydrogens (tertiary/aromatic N) is 2. The van der Waals surface area contributed by atoms with E-state index in [4.69, 9.17) is 15.4 Å². The Balaban J connectivity index is 1.89. The van der Waals surface area contributed by atoms with Crippen molar-refractivity contribution in [1.29, 1.82) is 0 Å². The molecule has 0 spiro atoms. The molecule has 0 bridgehead atoms. The highest BCUT2D eigenvalue weighted by atomic mass is 16.5. The number of hydrogen-bond donors (Lipinski definition) is 2. The highest BCUT2D eigenvalue weighted by Crippen LogP contribution is 2.36. The van der Waals surface area contributed by atoms with Gasteiger partial charge in [0.05, 0.1) is 6.04 Å². The van der Waals surface area contributed by atoms with Crippen molar-refractivity contribution in [2.75, 3.05) is 6.61 Å². The first-order valence-corrected chi connectivity index (χ1v) is 7.44. The van der Waals surface area contributed by atoms with Crippen molar-refractivity contribution in [3.05, 3.63) is 11.7 Å². The van der Waals surface area contributed by atoms with Crippen LogP contribution >= 0.6 is 0 Å². The second kappa shape index (κ2) is 7.01. The molecule has 0 amide bonds. The Bertz CT molecular complexity index is 373. The van der Waals surface area contributed by atoms with Crippen LogP contribution in [-0.2, 0) is 0 Å². The van der Waals surface area contributed by atoms with Crippen molar-refractivity contribution in [2.45, 2.75) is 63.8 Å². The Kier molecular flexibility index (Phi) is 5.34. The Morgan fingerprint density at radius 2 is 2.11 bits per heavy atom. The van der Waals surface area contributed by atoms with Crippen molar-refractivity contribution in [2.24, 2.45) is 11.7 Å². The SMILES string of the molecule is CCCC1CCC(c2noc(C(N)CCO)n2)CC1. The monoisotopic (exact) mass is 267 g/mol. The molecular formula is C14H25N3O2. The van der Waals surface area contributed by atoms with Gasteiger partial charge in [0.1, 0.15) is 0 Å². The summed E-state index contributed by atoms with van der Waals surface area (Å²) in [6.07, 6.45) is 7.92. The minimum atomic E-state index is -0.345. The van der Waals surface area contributed by atoms with E-state index in [1.807, 2.05) is 0 Å². The number of hydrogen-bond acceptors (Lipinski definition) is 5. The molecule has 1 fully saturated rings. The smallest absolute Gasteiger partial charge is 0.243 e. The van der Waals surface area contributed by atoms with Gasteiger partial charge in [0, 0.05) is 12.5 Å². The minimum absolute atomic E-state index is 0.0427. The Morgan fingerprint density at radius 1 is 1.37 bits per heavy atom. The molecule has 0 saturated heterocycles. The molecule has 1 heterocycles. The normalized spacial score (nSPS) is 25.4. The van der Waals surface area contributed by atoms with E-state index in [1.165, 1.54) is 25.7 Å². The standard InChI is InChI=1S/C14H25N3O2/c1-2-3-10-4-6-11(7-5-10)13-16-14(19-17-13)12(15)8-9-18/h10-12,18H,2-9,15H2,1H3. The van der Waals surface area contributed by atoms with E-state index in [0.29, 0.717) is 18.2 Å². The molecule has 1 aliphatic carbocycles. The molecule has 1 aromatic heterocycles. The summed E-state index contributed by atoms with van der Waals surface area (Å²) < 4.78 is 5.21. The van der Waals surface area contributed by atoms with Gasteiger partial charge in [-0.3, -0.25) is 0 Å². The van der Waals surface area contributed by atoms with E-state index in [-0.39, 0.29) is 12.6 Å². The van der Waals surface area contributed by atoms with Crippen LogP contribution in [0.5, 0.6) is 0 Å². The molecule has 108 valence electrons. The van der Waals surface area contributed by atoms with Gasteiger partial charge in [-0.15, -0.1) is 0 Å². The van der Waals surface area contributed by atoms with E-state index >= 15 is 0 Å². The molecule has 5 nitrogen and oxygen atoms in total. The summed E-state index contributed by atoms with van der Waals surface area (Å²) >= 11 is 0. The lowest BCUT2D eigenvalue weighted by Crippen LogP contribution is -2.15. The van der Waals surface area contributed by atoms with Crippen molar-refractivity contribution >= 4 is 0 Å². The van der Waals surface area contributed by atoms with Crippen molar-refractivity contribution < 1.29 is 9.63 Å². The molecule has 1 atom stereocenters. The molecular weight excluding hydrogens is 242 g/mol. The van der Waals surface area contributed by atoms with Crippen molar-refractivity contribution in [1.82, 2.24) is 10.1 Å². The fraction of sp³-hybridized carbons (Fsp3) is 0.857. The maximum atomic E-state index is 8.86. The quantitative estimate of drug-likeness (QED) is 0.827. The second-order valence-corrected chi connectivity index (χ2v) is 5.62. The molecule has 1 unspecified atom stereocenters. The Labute approximate surface area is 114 Å². The van der Waals surface area contributed by atoms with Gasteiger partial charge in [-0.2, -0.15) is 4.98 Å². The van der Waals surface area contributed by atoms with Crippen LogP contribution in [0.25, 0.3) is 0 Å². The zero-order valence-electron chi connectivity index (χ0n) is 11.7. The molecule has 2 rings (SSSR count). The average molecular weight is 267 g/mol. The molecule has 1 saturated carbocycles. The third kappa shape index (κ3) is 3.76. The first-order valence-electron chi connectivity index (χ1n) is 7.44. The van der Waals surface area contributed by atoms with Crippen molar-refractivity contribution in [3.8, 4) is 0 Å². The highest BCUT2D eigenvalue weighted by Gasteiger charge is 2.26. The number of aromatic nitrogens is 2. The lowest BCUT2D eigenvalue weighted by molar-refractivity contribution is 0.258. The molecule has 3 N–H and O–H groups in total. The fourth-order valence-corrected chi connectivity index (χ4v) is 2.94. The summed E-state index contributed by atoms with van der Waals surface area (Å²) in [5.74, 6) is 2.56. The van der Waals surface area contributed by atoms with E-state index < -0.39 is 0 Å². The number of nitrogens with two attached hydrogens (primary N) is 1.